The maximum atomic E-state index is 9.10. The molecule has 14 heavy (non-hydrogen) atoms. The molecule has 0 fully saturated rings. The Morgan fingerprint density at radius 2 is 2.00 bits per heavy atom. The van der Waals surface area contributed by atoms with Crippen molar-refractivity contribution in [2.24, 2.45) is 0 Å². The smallest absolute Gasteiger partial charge is 0.184 e. The maximum absolute atomic E-state index is 9.10. The zero-order chi connectivity index (χ0) is 9.97. The second-order valence-corrected chi connectivity index (χ2v) is 4.43. The zero-order valence-electron chi connectivity index (χ0n) is 7.27. The van der Waals surface area contributed by atoms with E-state index >= 15 is 0 Å². The van der Waals surface area contributed by atoms with Crippen LogP contribution in [0.5, 0.6) is 0 Å². The molecule has 72 valence electrons. The second kappa shape index (κ2) is 4.09. The molecule has 0 aliphatic carbocycles. The van der Waals surface area contributed by atoms with E-state index < -0.39 is 0 Å². The number of aromatic nitrogens is 1. The van der Waals surface area contributed by atoms with Crippen LogP contribution in [0.4, 0.5) is 0 Å². The van der Waals surface area contributed by atoms with Crippen molar-refractivity contribution in [1.82, 2.24) is 4.98 Å². The van der Waals surface area contributed by atoms with Crippen LogP contribution in [0.2, 0.25) is 4.47 Å². The van der Waals surface area contributed by atoms with E-state index in [1.165, 1.54) is 11.3 Å². The van der Waals surface area contributed by atoms with E-state index in [4.69, 9.17) is 16.7 Å². The Labute approximate surface area is 90.8 Å². The lowest BCUT2D eigenvalue weighted by Crippen LogP contribution is -1.84. The van der Waals surface area contributed by atoms with Crippen LogP contribution in [0.3, 0.4) is 0 Å². The van der Waals surface area contributed by atoms with Gasteiger partial charge in [0.2, 0.25) is 0 Å². The topological polar surface area (TPSA) is 33.1 Å². The third kappa shape index (κ3) is 1.80. The van der Waals surface area contributed by atoms with Gasteiger partial charge in [-0.3, -0.25) is 0 Å². The van der Waals surface area contributed by atoms with Crippen molar-refractivity contribution in [3.05, 3.63) is 39.7 Å². The quantitative estimate of drug-likeness (QED) is 0.853. The van der Waals surface area contributed by atoms with Gasteiger partial charge in [-0.25, -0.2) is 4.98 Å². The molecule has 0 amide bonds. The van der Waals surface area contributed by atoms with Crippen LogP contribution in [0.15, 0.2) is 30.3 Å². The standard InChI is InChI=1S/C10H8ClNOS/c11-10-12-9(8(6-13)14-10)7-4-2-1-3-5-7/h1-5,13H,6H2. The van der Waals surface area contributed by atoms with Gasteiger partial charge in [-0.15, -0.1) is 11.3 Å². The van der Waals surface area contributed by atoms with Crippen molar-refractivity contribution in [2.45, 2.75) is 6.61 Å². The lowest BCUT2D eigenvalue weighted by atomic mass is 10.1. The number of aliphatic hydroxyl groups is 1. The highest BCUT2D eigenvalue weighted by Crippen LogP contribution is 2.30. The Kier molecular flexibility index (Phi) is 2.82. The minimum Gasteiger partial charge on any atom is -0.391 e. The molecule has 2 rings (SSSR count). The zero-order valence-corrected chi connectivity index (χ0v) is 8.85. The van der Waals surface area contributed by atoms with Crippen molar-refractivity contribution in [2.75, 3.05) is 0 Å². The van der Waals surface area contributed by atoms with Gasteiger partial charge in [0.15, 0.2) is 4.47 Å². The summed E-state index contributed by atoms with van der Waals surface area (Å²) in [5, 5.41) is 9.10. The Hall–Kier alpha value is -0.900. The molecule has 1 heterocycles. The molecule has 4 heteroatoms. The number of benzene rings is 1. The number of thiazole rings is 1. The number of hydrogen-bond acceptors (Lipinski definition) is 3. The fourth-order valence-electron chi connectivity index (χ4n) is 1.25. The van der Waals surface area contributed by atoms with E-state index in [1.807, 2.05) is 30.3 Å². The highest BCUT2D eigenvalue weighted by atomic mass is 35.5. The molecule has 2 aromatic rings. The van der Waals surface area contributed by atoms with Crippen LogP contribution in [-0.4, -0.2) is 10.1 Å². The van der Waals surface area contributed by atoms with Gasteiger partial charge in [0.25, 0.3) is 0 Å². The Morgan fingerprint density at radius 1 is 1.29 bits per heavy atom. The van der Waals surface area contributed by atoms with Crippen molar-refractivity contribution in [3.8, 4) is 11.3 Å². The predicted octanol–water partition coefficient (Wildman–Crippen LogP) is 2.96. The molecule has 0 bridgehead atoms. The highest BCUT2D eigenvalue weighted by Gasteiger charge is 2.10. The SMILES string of the molecule is OCc1sc(Cl)nc1-c1ccccc1. The first kappa shape index (κ1) is 9.65. The molecule has 0 saturated carbocycles. The van der Waals surface area contributed by atoms with Gasteiger partial charge in [0.05, 0.1) is 17.2 Å². The van der Waals surface area contributed by atoms with Crippen molar-refractivity contribution in [1.29, 1.82) is 0 Å². The van der Waals surface area contributed by atoms with Gasteiger partial charge in [-0.05, 0) is 0 Å². The van der Waals surface area contributed by atoms with E-state index in [0.717, 1.165) is 16.1 Å². The third-order valence-corrected chi connectivity index (χ3v) is 3.01. The van der Waals surface area contributed by atoms with E-state index in [9.17, 15) is 0 Å². The number of nitrogens with zero attached hydrogens (tertiary/aromatic N) is 1. The minimum atomic E-state index is -0.0192. The molecular formula is C10H8ClNOS. The summed E-state index contributed by atoms with van der Waals surface area (Å²) in [4.78, 5) is 4.98. The van der Waals surface area contributed by atoms with Crippen LogP contribution in [0.25, 0.3) is 11.3 Å². The van der Waals surface area contributed by atoms with Gasteiger partial charge in [-0.1, -0.05) is 41.9 Å². The lowest BCUT2D eigenvalue weighted by Gasteiger charge is -1.97. The van der Waals surface area contributed by atoms with E-state index in [-0.39, 0.29) is 6.61 Å². The number of halogens is 1. The van der Waals surface area contributed by atoms with E-state index in [1.54, 1.807) is 0 Å². The third-order valence-electron chi connectivity index (χ3n) is 1.86. The maximum Gasteiger partial charge on any atom is 0.184 e. The average Bonchev–Trinajstić information content (AvgIpc) is 2.61. The highest BCUT2D eigenvalue weighted by molar-refractivity contribution is 7.16. The fraction of sp³-hybridized carbons (Fsp3) is 0.100. The lowest BCUT2D eigenvalue weighted by molar-refractivity contribution is 0.286. The van der Waals surface area contributed by atoms with Crippen molar-refractivity contribution >= 4 is 22.9 Å². The van der Waals surface area contributed by atoms with Crippen molar-refractivity contribution < 1.29 is 5.11 Å². The molecule has 0 spiro atoms. The fourth-order valence-corrected chi connectivity index (χ4v) is 2.28. The van der Waals surface area contributed by atoms with Gasteiger partial charge >= 0.3 is 0 Å². The summed E-state index contributed by atoms with van der Waals surface area (Å²) in [6.45, 7) is -0.0192. The number of hydrogen-bond donors (Lipinski definition) is 1. The molecule has 0 unspecified atom stereocenters. The molecule has 1 aromatic heterocycles. The molecule has 1 N–H and O–H groups in total. The van der Waals surface area contributed by atoms with Gasteiger partial charge in [-0.2, -0.15) is 0 Å². The van der Waals surface area contributed by atoms with Crippen LogP contribution in [0.1, 0.15) is 4.88 Å². The van der Waals surface area contributed by atoms with Crippen LogP contribution < -0.4 is 0 Å². The number of rotatable bonds is 2. The van der Waals surface area contributed by atoms with Gasteiger partial charge in [0.1, 0.15) is 0 Å². The Bertz CT molecular complexity index is 427. The van der Waals surface area contributed by atoms with Gasteiger partial charge < -0.3 is 5.11 Å². The average molecular weight is 226 g/mol. The first-order valence-corrected chi connectivity index (χ1v) is 5.32. The Morgan fingerprint density at radius 3 is 2.64 bits per heavy atom. The van der Waals surface area contributed by atoms with Crippen molar-refractivity contribution in [3.63, 3.8) is 0 Å². The first-order valence-electron chi connectivity index (χ1n) is 4.12. The summed E-state index contributed by atoms with van der Waals surface area (Å²) in [5.41, 5.74) is 1.77. The summed E-state index contributed by atoms with van der Waals surface area (Å²) < 4.78 is 0.466. The molecule has 0 atom stereocenters. The predicted molar refractivity (Wildman–Crippen MR) is 58.5 cm³/mol. The molecule has 2 nitrogen and oxygen atoms in total. The molecule has 0 radical (unpaired) electrons. The molecule has 0 saturated heterocycles. The molecule has 0 aliphatic rings. The monoisotopic (exact) mass is 225 g/mol. The second-order valence-electron chi connectivity index (χ2n) is 2.76. The van der Waals surface area contributed by atoms with Crippen LogP contribution in [0, 0.1) is 0 Å². The summed E-state index contributed by atoms with van der Waals surface area (Å²) in [6, 6.07) is 9.71. The number of aliphatic hydroxyl groups excluding tert-OH is 1. The minimum absolute atomic E-state index is 0.0192. The molecule has 1 aromatic carbocycles. The van der Waals surface area contributed by atoms with Crippen LogP contribution in [-0.2, 0) is 6.61 Å². The van der Waals surface area contributed by atoms with Gasteiger partial charge in [0, 0.05) is 5.56 Å². The summed E-state index contributed by atoms with van der Waals surface area (Å²) >= 11 is 7.10. The molecular weight excluding hydrogens is 218 g/mol. The normalized spacial score (nSPS) is 10.4. The largest absolute Gasteiger partial charge is 0.391 e. The Balaban J connectivity index is 2.51. The summed E-state index contributed by atoms with van der Waals surface area (Å²) in [7, 11) is 0. The van der Waals surface area contributed by atoms with E-state index in [2.05, 4.69) is 4.98 Å². The van der Waals surface area contributed by atoms with E-state index in [0.29, 0.717) is 4.47 Å². The summed E-state index contributed by atoms with van der Waals surface area (Å²) in [5.74, 6) is 0. The molecule has 0 aliphatic heterocycles. The van der Waals surface area contributed by atoms with Crippen LogP contribution >= 0.6 is 22.9 Å². The first-order chi connectivity index (χ1) is 6.81. The summed E-state index contributed by atoms with van der Waals surface area (Å²) in [6.07, 6.45) is 0.